The first-order chi connectivity index (χ1) is 12.4. The van der Waals surface area contributed by atoms with E-state index in [1.165, 1.54) is 18.2 Å². The number of hydrogen-bond acceptors (Lipinski definition) is 4. The molecule has 1 saturated carbocycles. The number of nitrogens with zero attached hydrogens (tertiary/aromatic N) is 2. The van der Waals surface area contributed by atoms with Gasteiger partial charge in [0.15, 0.2) is 5.70 Å². The van der Waals surface area contributed by atoms with Gasteiger partial charge in [-0.1, -0.05) is 25.0 Å². The number of anilines is 1. The molecular weight excluding hydrogens is 352 g/mol. The summed E-state index contributed by atoms with van der Waals surface area (Å²) in [4.78, 5) is 16.2. The summed E-state index contributed by atoms with van der Waals surface area (Å²) in [6.45, 7) is -0.399. The van der Waals surface area contributed by atoms with Gasteiger partial charge in [0.25, 0.3) is 5.91 Å². The van der Waals surface area contributed by atoms with Crippen LogP contribution in [0.15, 0.2) is 40.5 Å². The average molecular weight is 370 g/mol. The molecular formula is C17H18F4N4O. The SMILES string of the molecule is O=C(NC1CCCC1)C1=C(C(F)(F)F)N(Nc2ccccc2F)CN=C1. The molecule has 0 atom stereocenters. The van der Waals surface area contributed by atoms with Crippen LogP contribution in [0, 0.1) is 5.82 Å². The van der Waals surface area contributed by atoms with Gasteiger partial charge in [0.1, 0.15) is 12.5 Å². The van der Waals surface area contributed by atoms with E-state index in [1.807, 2.05) is 0 Å². The molecule has 2 N–H and O–H groups in total. The quantitative estimate of drug-likeness (QED) is 0.799. The summed E-state index contributed by atoms with van der Waals surface area (Å²) in [6, 6.07) is 5.21. The molecule has 1 heterocycles. The van der Waals surface area contributed by atoms with Crippen LogP contribution in [0.5, 0.6) is 0 Å². The highest BCUT2D eigenvalue weighted by Gasteiger charge is 2.43. The average Bonchev–Trinajstić information content (AvgIpc) is 3.08. The molecule has 0 spiro atoms. The number of hydrogen-bond donors (Lipinski definition) is 2. The highest BCUT2D eigenvalue weighted by molar-refractivity contribution is 6.13. The van der Waals surface area contributed by atoms with Crippen molar-refractivity contribution in [1.29, 1.82) is 0 Å². The third-order valence-corrected chi connectivity index (χ3v) is 4.30. The molecule has 2 aliphatic rings. The molecule has 0 saturated heterocycles. The van der Waals surface area contributed by atoms with Crippen molar-refractivity contribution in [3.05, 3.63) is 41.4 Å². The van der Waals surface area contributed by atoms with Gasteiger partial charge in [0.2, 0.25) is 0 Å². The number of carbonyl (C=O) groups excluding carboxylic acids is 1. The van der Waals surface area contributed by atoms with Crippen LogP contribution in [0.3, 0.4) is 0 Å². The Morgan fingerprint density at radius 1 is 1.19 bits per heavy atom. The van der Waals surface area contributed by atoms with Crippen molar-refractivity contribution in [3.8, 4) is 0 Å². The number of para-hydroxylation sites is 1. The van der Waals surface area contributed by atoms with Crippen LogP contribution in [0.1, 0.15) is 25.7 Å². The third kappa shape index (κ3) is 3.97. The van der Waals surface area contributed by atoms with E-state index in [9.17, 15) is 22.4 Å². The Labute approximate surface area is 147 Å². The molecule has 1 aromatic carbocycles. The summed E-state index contributed by atoms with van der Waals surface area (Å²) in [7, 11) is 0. The zero-order valence-corrected chi connectivity index (χ0v) is 13.8. The molecule has 5 nitrogen and oxygen atoms in total. The van der Waals surface area contributed by atoms with Crippen LogP contribution in [0.25, 0.3) is 0 Å². The molecule has 26 heavy (non-hydrogen) atoms. The van der Waals surface area contributed by atoms with Gasteiger partial charge in [0.05, 0.1) is 11.3 Å². The zero-order chi connectivity index (χ0) is 18.7. The molecule has 1 aliphatic carbocycles. The zero-order valence-electron chi connectivity index (χ0n) is 13.8. The molecule has 0 bridgehead atoms. The molecule has 9 heteroatoms. The highest BCUT2D eigenvalue weighted by Crippen LogP contribution is 2.33. The lowest BCUT2D eigenvalue weighted by Crippen LogP contribution is -2.44. The summed E-state index contributed by atoms with van der Waals surface area (Å²) in [5.41, 5.74) is 0.461. The van der Waals surface area contributed by atoms with Crippen LogP contribution < -0.4 is 10.7 Å². The van der Waals surface area contributed by atoms with Crippen molar-refractivity contribution in [1.82, 2.24) is 10.3 Å². The topological polar surface area (TPSA) is 56.7 Å². The van der Waals surface area contributed by atoms with E-state index in [-0.39, 0.29) is 11.7 Å². The van der Waals surface area contributed by atoms with Gasteiger partial charge in [-0.2, -0.15) is 13.2 Å². The lowest BCUT2D eigenvalue weighted by Gasteiger charge is -2.32. The minimum absolute atomic E-state index is 0.132. The molecule has 1 amide bonds. The maximum atomic E-state index is 13.8. The van der Waals surface area contributed by atoms with Gasteiger partial charge in [-0.15, -0.1) is 0 Å². The van der Waals surface area contributed by atoms with Crippen molar-refractivity contribution in [2.45, 2.75) is 37.9 Å². The highest BCUT2D eigenvalue weighted by atomic mass is 19.4. The summed E-state index contributed by atoms with van der Waals surface area (Å²) in [5, 5.41) is 3.27. The first kappa shape index (κ1) is 18.2. The summed E-state index contributed by atoms with van der Waals surface area (Å²) in [5.74, 6) is -1.53. The van der Waals surface area contributed by atoms with Gasteiger partial charge >= 0.3 is 6.18 Å². The molecule has 1 aromatic rings. The maximum absolute atomic E-state index is 13.8. The minimum Gasteiger partial charge on any atom is -0.349 e. The van der Waals surface area contributed by atoms with E-state index in [0.29, 0.717) is 5.01 Å². The predicted octanol–water partition coefficient (Wildman–Crippen LogP) is 3.37. The van der Waals surface area contributed by atoms with Crippen molar-refractivity contribution in [2.24, 2.45) is 4.99 Å². The largest absolute Gasteiger partial charge is 0.433 e. The second-order valence-corrected chi connectivity index (χ2v) is 6.19. The number of allylic oxidation sites excluding steroid dienone is 1. The monoisotopic (exact) mass is 370 g/mol. The molecule has 140 valence electrons. The van der Waals surface area contributed by atoms with Crippen LogP contribution in [-0.4, -0.2) is 36.0 Å². The molecule has 0 unspecified atom stereocenters. The van der Waals surface area contributed by atoms with E-state index < -0.39 is 35.8 Å². The molecule has 1 fully saturated rings. The van der Waals surface area contributed by atoms with Crippen molar-refractivity contribution < 1.29 is 22.4 Å². The Morgan fingerprint density at radius 2 is 1.88 bits per heavy atom. The third-order valence-electron chi connectivity index (χ3n) is 4.30. The van der Waals surface area contributed by atoms with Crippen LogP contribution >= 0.6 is 0 Å². The first-order valence-corrected chi connectivity index (χ1v) is 8.27. The number of nitrogens with one attached hydrogen (secondary N) is 2. The van der Waals surface area contributed by atoms with Crippen molar-refractivity contribution in [2.75, 3.05) is 12.1 Å². The van der Waals surface area contributed by atoms with E-state index in [1.54, 1.807) is 0 Å². The Bertz CT molecular complexity index is 739. The van der Waals surface area contributed by atoms with Crippen molar-refractivity contribution >= 4 is 17.8 Å². The second kappa shape index (κ2) is 7.35. The lowest BCUT2D eigenvalue weighted by molar-refractivity contribution is -0.122. The minimum atomic E-state index is -4.81. The Hall–Kier alpha value is -2.58. The van der Waals surface area contributed by atoms with Crippen LogP contribution in [0.2, 0.25) is 0 Å². The Balaban J connectivity index is 1.89. The predicted molar refractivity (Wildman–Crippen MR) is 88.7 cm³/mol. The first-order valence-electron chi connectivity index (χ1n) is 8.27. The maximum Gasteiger partial charge on any atom is 0.433 e. The molecule has 3 rings (SSSR count). The van der Waals surface area contributed by atoms with Gasteiger partial charge in [0, 0.05) is 12.3 Å². The van der Waals surface area contributed by atoms with Gasteiger partial charge in [-0.3, -0.25) is 20.2 Å². The van der Waals surface area contributed by atoms with E-state index in [2.05, 4.69) is 15.7 Å². The van der Waals surface area contributed by atoms with Gasteiger partial charge in [-0.05, 0) is 25.0 Å². The number of halogens is 4. The summed E-state index contributed by atoms with van der Waals surface area (Å²) in [6.07, 6.45) is -0.528. The summed E-state index contributed by atoms with van der Waals surface area (Å²) >= 11 is 0. The van der Waals surface area contributed by atoms with Crippen molar-refractivity contribution in [3.63, 3.8) is 0 Å². The van der Waals surface area contributed by atoms with Gasteiger partial charge < -0.3 is 5.32 Å². The lowest BCUT2D eigenvalue weighted by atomic mass is 10.1. The molecule has 1 aliphatic heterocycles. The fourth-order valence-electron chi connectivity index (χ4n) is 3.08. The second-order valence-electron chi connectivity index (χ2n) is 6.19. The van der Waals surface area contributed by atoms with Gasteiger partial charge in [-0.25, -0.2) is 4.39 Å². The Kier molecular flexibility index (Phi) is 5.15. The molecule has 0 radical (unpaired) electrons. The summed E-state index contributed by atoms with van der Waals surface area (Å²) < 4.78 is 54.7. The number of hydrazine groups is 1. The standard InChI is InChI=1S/C17H18F4N4O/c18-13-7-3-4-8-14(13)24-25-10-22-9-12(15(25)17(19,20)21)16(26)23-11-5-1-2-6-11/h3-4,7-9,11,24H,1-2,5-6,10H2,(H,23,26). The number of benzene rings is 1. The fraction of sp³-hybridized carbons (Fsp3) is 0.412. The number of alkyl halides is 3. The number of amides is 1. The van der Waals surface area contributed by atoms with E-state index in [0.717, 1.165) is 38.0 Å². The number of rotatable bonds is 4. The Morgan fingerprint density at radius 3 is 2.54 bits per heavy atom. The van der Waals surface area contributed by atoms with E-state index >= 15 is 0 Å². The number of aliphatic imine (C=N–C) groups is 1. The van der Waals surface area contributed by atoms with E-state index in [4.69, 9.17) is 0 Å². The molecule has 0 aromatic heterocycles. The van der Waals surface area contributed by atoms with Crippen LogP contribution in [-0.2, 0) is 4.79 Å². The fourth-order valence-corrected chi connectivity index (χ4v) is 3.08. The number of carbonyl (C=O) groups is 1. The smallest absolute Gasteiger partial charge is 0.349 e. The normalized spacial score (nSPS) is 18.4. The van der Waals surface area contributed by atoms with Crippen LogP contribution in [0.4, 0.5) is 23.2 Å².